The van der Waals surface area contributed by atoms with Crippen LogP contribution >= 0.6 is 0 Å². The lowest BCUT2D eigenvalue weighted by Gasteiger charge is -2.33. The number of aryl methyl sites for hydroxylation is 1. The molecule has 1 aromatic rings. The number of nitrogens with one attached hydrogen (secondary N) is 1. The second-order valence-electron chi connectivity index (χ2n) is 6.25. The quantitative estimate of drug-likeness (QED) is 0.903. The Bertz CT molecular complexity index is 570. The van der Waals surface area contributed by atoms with Crippen molar-refractivity contribution in [1.82, 2.24) is 14.2 Å². The zero-order valence-electron chi connectivity index (χ0n) is 13.5. The van der Waals surface area contributed by atoms with Gasteiger partial charge in [0.25, 0.3) is 0 Å². The van der Waals surface area contributed by atoms with Crippen LogP contribution in [0.2, 0.25) is 0 Å². The molecule has 1 N–H and O–H groups in total. The molecule has 0 aliphatic carbocycles. The standard InChI is InChI=1S/C15H27N3O2S/c1-5-17-11-15(7-14(17)8-16-4)21(19,20)18-9-12(2)6-13(3)10-18/h7,11-13,16H,5-6,8-10H2,1-4H3. The summed E-state index contributed by atoms with van der Waals surface area (Å²) in [6, 6.07) is 1.80. The molecule has 5 nitrogen and oxygen atoms in total. The zero-order chi connectivity index (χ0) is 15.6. The van der Waals surface area contributed by atoms with E-state index in [2.05, 4.69) is 19.2 Å². The maximum atomic E-state index is 12.9. The summed E-state index contributed by atoms with van der Waals surface area (Å²) < 4.78 is 29.4. The van der Waals surface area contributed by atoms with Gasteiger partial charge in [-0.05, 0) is 38.3 Å². The Labute approximate surface area is 128 Å². The molecular weight excluding hydrogens is 286 g/mol. The molecule has 0 saturated carbocycles. The van der Waals surface area contributed by atoms with Crippen molar-refractivity contribution in [1.29, 1.82) is 0 Å². The molecule has 1 aromatic heterocycles. The first-order valence-electron chi connectivity index (χ1n) is 7.72. The van der Waals surface area contributed by atoms with Crippen LogP contribution in [-0.4, -0.2) is 37.4 Å². The van der Waals surface area contributed by atoms with E-state index in [9.17, 15) is 8.42 Å². The van der Waals surface area contributed by atoms with Crippen molar-refractivity contribution in [3.05, 3.63) is 18.0 Å². The normalized spacial score (nSPS) is 24.4. The summed E-state index contributed by atoms with van der Waals surface area (Å²) in [7, 11) is -1.50. The third kappa shape index (κ3) is 3.49. The number of hydrogen-bond donors (Lipinski definition) is 1. The molecule has 1 fully saturated rings. The average Bonchev–Trinajstić information content (AvgIpc) is 2.82. The monoisotopic (exact) mass is 313 g/mol. The summed E-state index contributed by atoms with van der Waals surface area (Å²) in [5, 5.41) is 3.09. The molecule has 6 heteroatoms. The summed E-state index contributed by atoms with van der Waals surface area (Å²) in [4.78, 5) is 0.427. The first kappa shape index (κ1) is 16.5. The summed E-state index contributed by atoms with van der Waals surface area (Å²) in [5.74, 6) is 0.849. The Balaban J connectivity index is 2.30. The maximum Gasteiger partial charge on any atom is 0.244 e. The molecule has 1 aliphatic rings. The van der Waals surface area contributed by atoms with Crippen LogP contribution in [-0.2, 0) is 23.1 Å². The Kier molecular flexibility index (Phi) is 5.11. The summed E-state index contributed by atoms with van der Waals surface area (Å²) in [5.41, 5.74) is 1.01. The van der Waals surface area contributed by atoms with Gasteiger partial charge in [0.05, 0.1) is 0 Å². The number of aromatic nitrogens is 1. The second-order valence-corrected chi connectivity index (χ2v) is 8.19. The fourth-order valence-electron chi connectivity index (χ4n) is 3.24. The highest BCUT2D eigenvalue weighted by Crippen LogP contribution is 2.27. The van der Waals surface area contributed by atoms with Gasteiger partial charge in [0.15, 0.2) is 0 Å². The van der Waals surface area contributed by atoms with Gasteiger partial charge in [0.1, 0.15) is 4.90 Å². The Morgan fingerprint density at radius 3 is 2.43 bits per heavy atom. The third-order valence-corrected chi connectivity index (χ3v) is 5.93. The Morgan fingerprint density at radius 2 is 1.90 bits per heavy atom. The van der Waals surface area contributed by atoms with E-state index in [1.165, 1.54) is 0 Å². The van der Waals surface area contributed by atoms with E-state index >= 15 is 0 Å². The van der Waals surface area contributed by atoms with Crippen LogP contribution in [0.5, 0.6) is 0 Å². The minimum absolute atomic E-state index is 0.425. The summed E-state index contributed by atoms with van der Waals surface area (Å²) >= 11 is 0. The van der Waals surface area contributed by atoms with E-state index in [0.717, 1.165) is 18.7 Å². The van der Waals surface area contributed by atoms with Crippen molar-refractivity contribution in [3.63, 3.8) is 0 Å². The van der Waals surface area contributed by atoms with Gasteiger partial charge in [0.2, 0.25) is 10.0 Å². The van der Waals surface area contributed by atoms with E-state index in [1.54, 1.807) is 16.6 Å². The first-order chi connectivity index (χ1) is 9.88. The van der Waals surface area contributed by atoms with Gasteiger partial charge in [-0.2, -0.15) is 4.31 Å². The predicted molar refractivity (Wildman–Crippen MR) is 84.6 cm³/mol. The van der Waals surface area contributed by atoms with Gasteiger partial charge in [-0.1, -0.05) is 13.8 Å². The first-order valence-corrected chi connectivity index (χ1v) is 9.16. The van der Waals surface area contributed by atoms with Gasteiger partial charge >= 0.3 is 0 Å². The number of hydrogen-bond acceptors (Lipinski definition) is 3. The molecule has 0 radical (unpaired) electrons. The third-order valence-electron chi connectivity index (χ3n) is 4.13. The van der Waals surface area contributed by atoms with Crippen molar-refractivity contribution in [2.75, 3.05) is 20.1 Å². The lowest BCUT2D eigenvalue weighted by molar-refractivity contribution is 0.222. The van der Waals surface area contributed by atoms with Crippen LogP contribution in [0.3, 0.4) is 0 Å². The van der Waals surface area contributed by atoms with E-state index < -0.39 is 10.0 Å². The van der Waals surface area contributed by atoms with Crippen molar-refractivity contribution in [2.24, 2.45) is 11.8 Å². The number of piperidine rings is 1. The number of sulfonamides is 1. The van der Waals surface area contributed by atoms with E-state index in [1.807, 2.05) is 18.5 Å². The molecule has 1 saturated heterocycles. The van der Waals surface area contributed by atoms with E-state index in [4.69, 9.17) is 0 Å². The molecule has 2 unspecified atom stereocenters. The van der Waals surface area contributed by atoms with Crippen LogP contribution < -0.4 is 5.32 Å². The van der Waals surface area contributed by atoms with Crippen LogP contribution in [0.25, 0.3) is 0 Å². The summed E-state index contributed by atoms with van der Waals surface area (Å²) in [6.07, 6.45) is 2.87. The Hall–Kier alpha value is -0.850. The fraction of sp³-hybridized carbons (Fsp3) is 0.733. The largest absolute Gasteiger partial charge is 0.349 e. The Morgan fingerprint density at radius 1 is 1.29 bits per heavy atom. The van der Waals surface area contributed by atoms with Gasteiger partial charge in [0, 0.05) is 38.1 Å². The van der Waals surface area contributed by atoms with Crippen LogP contribution in [0.15, 0.2) is 17.2 Å². The maximum absolute atomic E-state index is 12.9. The van der Waals surface area contributed by atoms with Gasteiger partial charge in [-0.3, -0.25) is 0 Å². The van der Waals surface area contributed by atoms with Crippen molar-refractivity contribution in [3.8, 4) is 0 Å². The molecule has 2 heterocycles. The number of rotatable bonds is 5. The lowest BCUT2D eigenvalue weighted by atomic mass is 9.94. The molecular formula is C15H27N3O2S. The minimum atomic E-state index is -3.37. The van der Waals surface area contributed by atoms with Crippen molar-refractivity contribution in [2.45, 2.75) is 45.2 Å². The molecule has 0 amide bonds. The topological polar surface area (TPSA) is 54.3 Å². The lowest BCUT2D eigenvalue weighted by Crippen LogP contribution is -2.42. The molecule has 120 valence electrons. The smallest absolute Gasteiger partial charge is 0.244 e. The number of nitrogens with zero attached hydrogens (tertiary/aromatic N) is 2. The van der Waals surface area contributed by atoms with E-state index in [0.29, 0.717) is 36.4 Å². The summed E-state index contributed by atoms with van der Waals surface area (Å²) in [6.45, 7) is 9.00. The molecule has 2 atom stereocenters. The van der Waals surface area contributed by atoms with Crippen molar-refractivity contribution < 1.29 is 8.42 Å². The molecule has 0 bridgehead atoms. The molecule has 0 aromatic carbocycles. The highest BCUT2D eigenvalue weighted by atomic mass is 32.2. The minimum Gasteiger partial charge on any atom is -0.349 e. The van der Waals surface area contributed by atoms with Gasteiger partial charge in [-0.25, -0.2) is 8.42 Å². The molecule has 1 aliphatic heterocycles. The van der Waals surface area contributed by atoms with Crippen LogP contribution in [0.1, 0.15) is 32.9 Å². The van der Waals surface area contributed by atoms with Crippen LogP contribution in [0.4, 0.5) is 0 Å². The SMILES string of the molecule is CCn1cc(S(=O)(=O)N2CC(C)CC(C)C2)cc1CNC. The van der Waals surface area contributed by atoms with E-state index in [-0.39, 0.29) is 0 Å². The van der Waals surface area contributed by atoms with Gasteiger partial charge < -0.3 is 9.88 Å². The average molecular weight is 313 g/mol. The second kappa shape index (κ2) is 6.50. The molecule has 21 heavy (non-hydrogen) atoms. The molecule has 0 spiro atoms. The molecule has 2 rings (SSSR count). The highest BCUT2D eigenvalue weighted by Gasteiger charge is 2.32. The van der Waals surface area contributed by atoms with Crippen LogP contribution in [0, 0.1) is 11.8 Å². The predicted octanol–water partition coefficient (Wildman–Crippen LogP) is 1.89. The zero-order valence-corrected chi connectivity index (χ0v) is 14.3. The fourth-order valence-corrected chi connectivity index (χ4v) is 4.99. The van der Waals surface area contributed by atoms with Gasteiger partial charge in [-0.15, -0.1) is 0 Å². The van der Waals surface area contributed by atoms with Crippen molar-refractivity contribution >= 4 is 10.0 Å². The highest BCUT2D eigenvalue weighted by molar-refractivity contribution is 7.89.